The van der Waals surface area contributed by atoms with Crippen molar-refractivity contribution in [2.75, 3.05) is 6.61 Å². The number of rotatable bonds is 5. The molecule has 0 unspecified atom stereocenters. The first-order valence-electron chi connectivity index (χ1n) is 5.93. The van der Waals surface area contributed by atoms with Crippen LogP contribution in [-0.4, -0.2) is 22.8 Å². The molecule has 1 heterocycles. The van der Waals surface area contributed by atoms with Gasteiger partial charge in [0.2, 0.25) is 5.01 Å². The molecule has 2 rings (SSSR count). The summed E-state index contributed by atoms with van der Waals surface area (Å²) in [7, 11) is 0. The molecule has 2 aromatic rings. The molecule has 1 aromatic carbocycles. The molecule has 0 fully saturated rings. The summed E-state index contributed by atoms with van der Waals surface area (Å²) in [6, 6.07) is 7.69. The average molecular weight is 297 g/mol. The number of ether oxygens (including phenoxy) is 1. The summed E-state index contributed by atoms with van der Waals surface area (Å²) in [5, 5.41) is 9.70. The molecule has 0 aliphatic heterocycles. The molecule has 0 aliphatic rings. The van der Waals surface area contributed by atoms with Crippen LogP contribution in [0.15, 0.2) is 24.3 Å². The van der Waals surface area contributed by atoms with E-state index >= 15 is 0 Å². The number of nitrogens with zero attached hydrogens (tertiary/aromatic N) is 2. The van der Waals surface area contributed by atoms with Crippen molar-refractivity contribution in [1.29, 1.82) is 0 Å². The smallest absolute Gasteiger partial charge is 0.369 e. The quantitative estimate of drug-likeness (QED) is 0.795. The summed E-state index contributed by atoms with van der Waals surface area (Å²) in [5.74, 6) is -0.405. The molecule has 0 saturated carbocycles. The van der Waals surface area contributed by atoms with Crippen molar-refractivity contribution in [1.82, 2.24) is 10.2 Å². The third kappa shape index (κ3) is 4.01. The lowest BCUT2D eigenvalue weighted by Crippen LogP contribution is -2.03. The minimum Gasteiger partial charge on any atom is -0.461 e. The molecule has 0 aliphatic carbocycles. The van der Waals surface area contributed by atoms with Crippen molar-refractivity contribution in [2.45, 2.75) is 19.8 Å². The minimum atomic E-state index is -0.405. The van der Waals surface area contributed by atoms with E-state index in [-0.39, 0.29) is 0 Å². The maximum absolute atomic E-state index is 11.4. The van der Waals surface area contributed by atoms with Gasteiger partial charge in [-0.2, -0.15) is 0 Å². The van der Waals surface area contributed by atoms with Crippen LogP contribution in [0.5, 0.6) is 0 Å². The molecule has 0 spiro atoms. The minimum absolute atomic E-state index is 0.313. The zero-order valence-corrected chi connectivity index (χ0v) is 12.0. The van der Waals surface area contributed by atoms with Crippen LogP contribution in [0.4, 0.5) is 0 Å². The van der Waals surface area contributed by atoms with Gasteiger partial charge in [-0.25, -0.2) is 4.79 Å². The fourth-order valence-corrected chi connectivity index (χ4v) is 2.39. The van der Waals surface area contributed by atoms with Crippen LogP contribution >= 0.6 is 22.9 Å². The van der Waals surface area contributed by atoms with Gasteiger partial charge in [-0.05, 0) is 31.0 Å². The fraction of sp³-hybridized carbons (Fsp3) is 0.308. The lowest BCUT2D eigenvalue weighted by Gasteiger charge is -1.98. The van der Waals surface area contributed by atoms with E-state index in [0.29, 0.717) is 11.6 Å². The molecule has 4 nitrogen and oxygen atoms in total. The standard InChI is InChI=1S/C13H13ClN2O2S/c1-2-18-13(17)12-16-15-11(19-12)8-5-9-3-6-10(14)7-4-9/h3-4,6-7H,2,5,8H2,1H3. The van der Waals surface area contributed by atoms with Gasteiger partial charge in [-0.3, -0.25) is 0 Å². The van der Waals surface area contributed by atoms with Gasteiger partial charge in [-0.15, -0.1) is 10.2 Å². The summed E-state index contributed by atoms with van der Waals surface area (Å²) in [4.78, 5) is 11.4. The Morgan fingerprint density at radius 2 is 2.00 bits per heavy atom. The van der Waals surface area contributed by atoms with Gasteiger partial charge in [0, 0.05) is 11.4 Å². The Hall–Kier alpha value is -1.46. The van der Waals surface area contributed by atoms with Crippen LogP contribution in [0.1, 0.15) is 27.3 Å². The zero-order chi connectivity index (χ0) is 13.7. The predicted molar refractivity (Wildman–Crippen MR) is 74.7 cm³/mol. The molecule has 19 heavy (non-hydrogen) atoms. The molecule has 0 N–H and O–H groups in total. The lowest BCUT2D eigenvalue weighted by molar-refractivity contribution is 0.0525. The maximum atomic E-state index is 11.4. The highest BCUT2D eigenvalue weighted by Crippen LogP contribution is 2.15. The summed E-state index contributed by atoms with van der Waals surface area (Å²) >= 11 is 7.11. The van der Waals surface area contributed by atoms with Crippen LogP contribution in [0.25, 0.3) is 0 Å². The second-order valence-electron chi connectivity index (χ2n) is 3.85. The Balaban J connectivity index is 1.93. The van der Waals surface area contributed by atoms with Crippen molar-refractivity contribution in [3.8, 4) is 0 Å². The van der Waals surface area contributed by atoms with Gasteiger partial charge in [0.15, 0.2) is 0 Å². The summed E-state index contributed by atoms with van der Waals surface area (Å²) < 4.78 is 4.87. The largest absolute Gasteiger partial charge is 0.461 e. The van der Waals surface area contributed by atoms with E-state index < -0.39 is 5.97 Å². The van der Waals surface area contributed by atoms with Gasteiger partial charge in [0.25, 0.3) is 0 Å². The average Bonchev–Trinajstić information content (AvgIpc) is 2.87. The SMILES string of the molecule is CCOC(=O)c1nnc(CCc2ccc(Cl)cc2)s1. The molecule has 0 bridgehead atoms. The van der Waals surface area contributed by atoms with Crippen molar-refractivity contribution >= 4 is 28.9 Å². The highest BCUT2D eigenvalue weighted by molar-refractivity contribution is 7.13. The first-order chi connectivity index (χ1) is 9.19. The van der Waals surface area contributed by atoms with Gasteiger partial charge < -0.3 is 4.74 Å². The maximum Gasteiger partial charge on any atom is 0.369 e. The summed E-state index contributed by atoms with van der Waals surface area (Å²) in [6.45, 7) is 2.11. The number of esters is 1. The molecule has 0 amide bonds. The molecule has 0 radical (unpaired) electrons. The Labute approximate surface area is 120 Å². The Morgan fingerprint density at radius 1 is 1.26 bits per heavy atom. The number of carbonyl (C=O) groups excluding carboxylic acids is 1. The van der Waals surface area contributed by atoms with E-state index in [4.69, 9.17) is 16.3 Å². The van der Waals surface area contributed by atoms with Crippen LogP contribution in [0.2, 0.25) is 5.02 Å². The van der Waals surface area contributed by atoms with Crippen LogP contribution in [0.3, 0.4) is 0 Å². The highest BCUT2D eigenvalue weighted by Gasteiger charge is 2.13. The predicted octanol–water partition coefficient (Wildman–Crippen LogP) is 3.15. The monoisotopic (exact) mass is 296 g/mol. The lowest BCUT2D eigenvalue weighted by atomic mass is 10.1. The molecular formula is C13H13ClN2O2S. The van der Waals surface area contributed by atoms with Crippen LogP contribution < -0.4 is 0 Å². The molecule has 0 saturated heterocycles. The normalized spacial score (nSPS) is 10.4. The van der Waals surface area contributed by atoms with E-state index in [9.17, 15) is 4.79 Å². The van der Waals surface area contributed by atoms with E-state index in [1.807, 2.05) is 24.3 Å². The van der Waals surface area contributed by atoms with Crippen molar-refractivity contribution in [3.63, 3.8) is 0 Å². The highest BCUT2D eigenvalue weighted by atomic mass is 35.5. The molecule has 0 atom stereocenters. The first kappa shape index (κ1) is 14.0. The number of aromatic nitrogens is 2. The fourth-order valence-electron chi connectivity index (χ4n) is 1.53. The van der Waals surface area contributed by atoms with Crippen LogP contribution in [0, 0.1) is 0 Å². The topological polar surface area (TPSA) is 52.1 Å². The third-order valence-corrected chi connectivity index (χ3v) is 3.67. The van der Waals surface area contributed by atoms with Crippen molar-refractivity contribution in [3.05, 3.63) is 44.9 Å². The number of halogens is 1. The van der Waals surface area contributed by atoms with E-state index in [1.165, 1.54) is 16.9 Å². The molecule has 1 aromatic heterocycles. The number of hydrogen-bond acceptors (Lipinski definition) is 5. The van der Waals surface area contributed by atoms with E-state index in [2.05, 4.69) is 10.2 Å². The van der Waals surface area contributed by atoms with Gasteiger partial charge in [-0.1, -0.05) is 35.1 Å². The Morgan fingerprint density at radius 3 is 2.68 bits per heavy atom. The van der Waals surface area contributed by atoms with Gasteiger partial charge >= 0.3 is 5.97 Å². The number of benzene rings is 1. The molecular weight excluding hydrogens is 284 g/mol. The zero-order valence-electron chi connectivity index (χ0n) is 10.4. The Bertz CT molecular complexity index is 554. The van der Waals surface area contributed by atoms with E-state index in [0.717, 1.165) is 22.9 Å². The molecule has 100 valence electrons. The second-order valence-corrected chi connectivity index (χ2v) is 5.35. The van der Waals surface area contributed by atoms with Crippen molar-refractivity contribution < 1.29 is 9.53 Å². The third-order valence-electron chi connectivity index (χ3n) is 2.46. The van der Waals surface area contributed by atoms with Gasteiger partial charge in [0.1, 0.15) is 5.01 Å². The second kappa shape index (κ2) is 6.63. The number of carbonyl (C=O) groups is 1. The van der Waals surface area contributed by atoms with E-state index in [1.54, 1.807) is 6.92 Å². The number of aryl methyl sites for hydroxylation is 2. The summed E-state index contributed by atoms with van der Waals surface area (Å²) in [6.07, 6.45) is 1.59. The number of hydrogen-bond donors (Lipinski definition) is 0. The van der Waals surface area contributed by atoms with Crippen molar-refractivity contribution in [2.24, 2.45) is 0 Å². The first-order valence-corrected chi connectivity index (χ1v) is 7.12. The van der Waals surface area contributed by atoms with Gasteiger partial charge in [0.05, 0.1) is 6.61 Å². The molecule has 6 heteroatoms. The summed E-state index contributed by atoms with van der Waals surface area (Å²) in [5.41, 5.74) is 1.18. The van der Waals surface area contributed by atoms with Crippen LogP contribution in [-0.2, 0) is 17.6 Å². The Kier molecular flexibility index (Phi) is 4.87.